The molecule has 1 aromatic heterocycles. The Bertz CT molecular complexity index is 812. The number of nitrogens with one attached hydrogen (secondary N) is 1. The third-order valence-electron chi connectivity index (χ3n) is 3.69. The summed E-state index contributed by atoms with van der Waals surface area (Å²) in [7, 11) is -1.92. The van der Waals surface area contributed by atoms with Crippen molar-refractivity contribution in [1.82, 2.24) is 4.90 Å². The van der Waals surface area contributed by atoms with Gasteiger partial charge in [0.1, 0.15) is 11.5 Å². The lowest BCUT2D eigenvalue weighted by molar-refractivity contribution is -0.120. The lowest BCUT2D eigenvalue weighted by atomic mass is 10.2. The van der Waals surface area contributed by atoms with Gasteiger partial charge in [0.05, 0.1) is 17.5 Å². The van der Waals surface area contributed by atoms with Crippen LogP contribution in [0, 0.1) is 6.92 Å². The van der Waals surface area contributed by atoms with Crippen LogP contribution in [0.5, 0.6) is 0 Å². The molecule has 130 valence electrons. The Kier molecular flexibility index (Phi) is 5.43. The van der Waals surface area contributed by atoms with Gasteiger partial charge in [-0.3, -0.25) is 9.69 Å². The van der Waals surface area contributed by atoms with Crippen molar-refractivity contribution < 1.29 is 17.6 Å². The van der Waals surface area contributed by atoms with Crippen LogP contribution in [0.15, 0.2) is 45.7 Å². The quantitative estimate of drug-likeness (QED) is 0.824. The molecule has 24 heavy (non-hydrogen) atoms. The summed E-state index contributed by atoms with van der Waals surface area (Å²) in [4.78, 5) is 14.2. The number of sulfonamides is 1. The van der Waals surface area contributed by atoms with Crippen LogP contribution in [0.1, 0.15) is 18.4 Å². The summed E-state index contributed by atoms with van der Waals surface area (Å²) in [6.45, 7) is 4.15. The van der Waals surface area contributed by atoms with Crippen LogP contribution in [-0.4, -0.2) is 32.3 Å². The summed E-state index contributed by atoms with van der Waals surface area (Å²) >= 11 is 0. The van der Waals surface area contributed by atoms with Crippen LogP contribution in [0.25, 0.3) is 0 Å². The maximum Gasteiger partial charge on any atom is 0.241 e. The van der Waals surface area contributed by atoms with Crippen LogP contribution in [-0.2, 0) is 21.4 Å². The van der Waals surface area contributed by atoms with E-state index in [2.05, 4.69) is 5.32 Å². The number of furan rings is 1. The summed E-state index contributed by atoms with van der Waals surface area (Å²) in [6, 6.07) is 9.06. The molecule has 8 heteroatoms. The average molecular weight is 351 g/mol. The molecule has 0 aliphatic heterocycles. The number of benzene rings is 1. The number of amides is 1. The standard InChI is InChI=1S/C16H21N3O4S/c1-11-4-7-14(23-11)10-19(3)12(2)16(20)18-13-5-8-15(9-6-13)24(17,21)22/h4-9,12H,10H2,1-3H3,(H,18,20)(H2,17,21,22)/t12-/m0/s1. The first-order valence-electron chi connectivity index (χ1n) is 7.36. The van der Waals surface area contributed by atoms with Crippen molar-refractivity contribution in [3.8, 4) is 0 Å². The molecule has 0 aliphatic rings. The summed E-state index contributed by atoms with van der Waals surface area (Å²) in [5.41, 5.74) is 0.501. The fourth-order valence-corrected chi connectivity index (χ4v) is 2.64. The van der Waals surface area contributed by atoms with Crippen LogP contribution >= 0.6 is 0 Å². The van der Waals surface area contributed by atoms with Crippen molar-refractivity contribution in [3.05, 3.63) is 47.9 Å². The van der Waals surface area contributed by atoms with E-state index in [1.54, 1.807) is 6.92 Å². The molecule has 2 rings (SSSR count). The second-order valence-corrected chi connectivity index (χ2v) is 7.22. The Balaban J connectivity index is 1.98. The van der Waals surface area contributed by atoms with Gasteiger partial charge in [-0.2, -0.15) is 0 Å². The van der Waals surface area contributed by atoms with Gasteiger partial charge in [0, 0.05) is 5.69 Å². The number of anilines is 1. The van der Waals surface area contributed by atoms with Gasteiger partial charge >= 0.3 is 0 Å². The maximum absolute atomic E-state index is 12.3. The van der Waals surface area contributed by atoms with E-state index in [0.717, 1.165) is 11.5 Å². The Morgan fingerprint density at radius 2 is 1.88 bits per heavy atom. The molecule has 0 spiro atoms. The van der Waals surface area contributed by atoms with Gasteiger partial charge in [-0.25, -0.2) is 13.6 Å². The van der Waals surface area contributed by atoms with E-state index >= 15 is 0 Å². The molecule has 1 heterocycles. The van der Waals surface area contributed by atoms with Gasteiger partial charge in [-0.05, 0) is 57.3 Å². The highest BCUT2D eigenvalue weighted by Gasteiger charge is 2.19. The second-order valence-electron chi connectivity index (χ2n) is 5.66. The predicted molar refractivity (Wildman–Crippen MR) is 90.8 cm³/mol. The third kappa shape index (κ3) is 4.67. The number of primary sulfonamides is 1. The van der Waals surface area contributed by atoms with Crippen molar-refractivity contribution in [3.63, 3.8) is 0 Å². The van der Waals surface area contributed by atoms with Crippen molar-refractivity contribution in [2.75, 3.05) is 12.4 Å². The van der Waals surface area contributed by atoms with Crippen molar-refractivity contribution in [2.45, 2.75) is 31.3 Å². The van der Waals surface area contributed by atoms with Gasteiger partial charge in [0.25, 0.3) is 0 Å². The summed E-state index contributed by atoms with van der Waals surface area (Å²) < 4.78 is 27.9. The SMILES string of the molecule is Cc1ccc(CN(C)[C@@H](C)C(=O)Nc2ccc(S(N)(=O)=O)cc2)o1. The molecule has 3 N–H and O–H groups in total. The number of hydrogen-bond acceptors (Lipinski definition) is 5. The van der Waals surface area contributed by atoms with E-state index in [1.165, 1.54) is 24.3 Å². The van der Waals surface area contributed by atoms with E-state index in [1.807, 2.05) is 31.0 Å². The number of hydrogen-bond donors (Lipinski definition) is 2. The summed E-state index contributed by atoms with van der Waals surface area (Å²) in [5.74, 6) is 1.40. The normalized spacial score (nSPS) is 13.0. The highest BCUT2D eigenvalue weighted by molar-refractivity contribution is 7.89. The highest BCUT2D eigenvalue weighted by atomic mass is 32.2. The molecule has 0 bridgehead atoms. The highest BCUT2D eigenvalue weighted by Crippen LogP contribution is 2.15. The van der Waals surface area contributed by atoms with Crippen LogP contribution < -0.4 is 10.5 Å². The van der Waals surface area contributed by atoms with Crippen molar-refractivity contribution in [2.24, 2.45) is 5.14 Å². The van der Waals surface area contributed by atoms with E-state index in [9.17, 15) is 13.2 Å². The van der Waals surface area contributed by atoms with Gasteiger partial charge in [-0.1, -0.05) is 0 Å². The topological polar surface area (TPSA) is 106 Å². The summed E-state index contributed by atoms with van der Waals surface area (Å²) in [6.07, 6.45) is 0. The minimum atomic E-state index is -3.74. The largest absolute Gasteiger partial charge is 0.465 e. The monoisotopic (exact) mass is 351 g/mol. The first-order valence-corrected chi connectivity index (χ1v) is 8.91. The fourth-order valence-electron chi connectivity index (χ4n) is 2.13. The Morgan fingerprint density at radius 1 is 1.25 bits per heavy atom. The maximum atomic E-state index is 12.3. The minimum Gasteiger partial charge on any atom is -0.465 e. The van der Waals surface area contributed by atoms with Gasteiger partial charge < -0.3 is 9.73 Å². The van der Waals surface area contributed by atoms with E-state index in [0.29, 0.717) is 12.2 Å². The van der Waals surface area contributed by atoms with Crippen molar-refractivity contribution in [1.29, 1.82) is 0 Å². The molecule has 0 saturated heterocycles. The third-order valence-corrected chi connectivity index (χ3v) is 4.62. The molecule has 0 aliphatic carbocycles. The van der Waals surface area contributed by atoms with Crippen LogP contribution in [0.4, 0.5) is 5.69 Å². The minimum absolute atomic E-state index is 0.00106. The zero-order valence-corrected chi connectivity index (χ0v) is 14.6. The number of likely N-dealkylation sites (N-methyl/N-ethyl adjacent to an activating group) is 1. The zero-order chi connectivity index (χ0) is 17.9. The molecule has 0 fully saturated rings. The predicted octanol–water partition coefficient (Wildman–Crippen LogP) is 1.69. The molecular formula is C16H21N3O4S. The zero-order valence-electron chi connectivity index (χ0n) is 13.8. The molecule has 0 saturated carbocycles. The molecule has 0 radical (unpaired) electrons. The smallest absolute Gasteiger partial charge is 0.241 e. The molecule has 1 aromatic carbocycles. The number of carbonyl (C=O) groups is 1. The Morgan fingerprint density at radius 3 is 2.38 bits per heavy atom. The van der Waals surface area contributed by atoms with Gasteiger partial charge in [0.2, 0.25) is 15.9 Å². The van der Waals surface area contributed by atoms with E-state index in [-0.39, 0.29) is 10.8 Å². The number of rotatable bonds is 6. The van der Waals surface area contributed by atoms with Gasteiger partial charge in [0.15, 0.2) is 0 Å². The fraction of sp³-hybridized carbons (Fsp3) is 0.312. The molecule has 0 unspecified atom stereocenters. The molecule has 2 aromatic rings. The number of nitrogens with two attached hydrogens (primary N) is 1. The Labute approximate surface area is 141 Å². The molecule has 1 amide bonds. The van der Waals surface area contributed by atoms with Crippen LogP contribution in [0.2, 0.25) is 0 Å². The molecule has 1 atom stereocenters. The molecular weight excluding hydrogens is 330 g/mol. The number of carbonyl (C=O) groups excluding carboxylic acids is 1. The summed E-state index contributed by atoms with van der Waals surface area (Å²) in [5, 5.41) is 7.79. The number of aryl methyl sites for hydroxylation is 1. The lowest BCUT2D eigenvalue weighted by Crippen LogP contribution is -2.39. The van der Waals surface area contributed by atoms with E-state index in [4.69, 9.17) is 9.56 Å². The number of nitrogens with zero attached hydrogens (tertiary/aromatic N) is 1. The Hall–Kier alpha value is -2.16. The van der Waals surface area contributed by atoms with E-state index < -0.39 is 16.1 Å². The van der Waals surface area contributed by atoms with Crippen molar-refractivity contribution >= 4 is 21.6 Å². The molecule has 7 nitrogen and oxygen atoms in total. The van der Waals surface area contributed by atoms with Crippen LogP contribution in [0.3, 0.4) is 0 Å². The lowest BCUT2D eigenvalue weighted by Gasteiger charge is -2.22. The first-order chi connectivity index (χ1) is 11.2. The average Bonchev–Trinajstić information content (AvgIpc) is 2.91. The first kappa shape index (κ1) is 18.2. The second kappa shape index (κ2) is 7.16. The van der Waals surface area contributed by atoms with Gasteiger partial charge in [-0.15, -0.1) is 0 Å².